The molecule has 0 saturated carbocycles. The Bertz CT molecular complexity index is 898. The number of halogens is 2. The van der Waals surface area contributed by atoms with Crippen LogP contribution in [0.4, 0.5) is 0 Å². The van der Waals surface area contributed by atoms with E-state index in [-0.39, 0.29) is 11.7 Å². The first-order chi connectivity index (χ1) is 11.8. The third-order valence-corrected chi connectivity index (χ3v) is 4.39. The average molecular weight is 374 g/mol. The second-order valence-corrected chi connectivity index (χ2v) is 6.83. The monoisotopic (exact) mass is 373 g/mol. The van der Waals surface area contributed by atoms with E-state index in [9.17, 15) is 4.79 Å². The van der Waals surface area contributed by atoms with Crippen molar-refractivity contribution < 1.29 is 4.79 Å². The summed E-state index contributed by atoms with van der Waals surface area (Å²) in [5, 5.41) is 4.00. The Morgan fingerprint density at radius 2 is 1.84 bits per heavy atom. The summed E-state index contributed by atoms with van der Waals surface area (Å²) in [6.07, 6.45) is 0. The number of carbonyl (C=O) groups is 1. The fraction of sp³-hybridized carbons (Fsp3) is 0.158. The van der Waals surface area contributed by atoms with Crippen molar-refractivity contribution in [3.05, 3.63) is 74.8 Å². The molecule has 0 radical (unpaired) electrons. The molecule has 1 heterocycles. The minimum Gasteiger partial charge on any atom is -0.370 e. The molecule has 0 bridgehead atoms. The molecule has 1 aliphatic rings. The quantitative estimate of drug-likeness (QED) is 0.844. The maximum Gasteiger partial charge on any atom is 0.194 e. The highest BCUT2D eigenvalue weighted by atomic mass is 35.5. The number of guanidine groups is 1. The fourth-order valence-electron chi connectivity index (χ4n) is 2.94. The van der Waals surface area contributed by atoms with Crippen LogP contribution in [0.25, 0.3) is 5.70 Å². The smallest absolute Gasteiger partial charge is 0.194 e. The van der Waals surface area contributed by atoms with Crippen molar-refractivity contribution in [2.45, 2.75) is 19.9 Å². The van der Waals surface area contributed by atoms with Gasteiger partial charge in [-0.3, -0.25) is 4.79 Å². The number of nitrogens with zero attached hydrogens (tertiary/aromatic N) is 1. The molecule has 0 saturated heterocycles. The number of benzene rings is 2. The Labute approximate surface area is 156 Å². The largest absolute Gasteiger partial charge is 0.370 e. The average Bonchev–Trinajstić information content (AvgIpc) is 2.52. The van der Waals surface area contributed by atoms with Gasteiger partial charge in [-0.05, 0) is 49.2 Å². The first-order valence-electron chi connectivity index (χ1n) is 7.73. The van der Waals surface area contributed by atoms with Crippen molar-refractivity contribution in [3.63, 3.8) is 0 Å². The molecule has 2 aromatic rings. The van der Waals surface area contributed by atoms with Gasteiger partial charge in [0.05, 0.1) is 5.70 Å². The van der Waals surface area contributed by atoms with Crippen LogP contribution in [0.3, 0.4) is 0 Å². The van der Waals surface area contributed by atoms with Crippen LogP contribution in [-0.4, -0.2) is 11.7 Å². The molecule has 0 spiro atoms. The van der Waals surface area contributed by atoms with Crippen LogP contribution in [0.5, 0.6) is 0 Å². The lowest BCUT2D eigenvalue weighted by molar-refractivity contribution is -0.113. The molecule has 3 rings (SSSR count). The van der Waals surface area contributed by atoms with E-state index in [0.717, 1.165) is 16.7 Å². The number of aryl methyl sites for hydroxylation is 1. The van der Waals surface area contributed by atoms with E-state index in [0.29, 0.717) is 21.3 Å². The van der Waals surface area contributed by atoms with E-state index < -0.39 is 6.04 Å². The van der Waals surface area contributed by atoms with E-state index in [1.807, 2.05) is 31.2 Å². The number of aliphatic imine (C=N–C) groups is 1. The van der Waals surface area contributed by atoms with Crippen molar-refractivity contribution in [2.24, 2.45) is 10.7 Å². The van der Waals surface area contributed by atoms with Gasteiger partial charge in [-0.15, -0.1) is 0 Å². The number of nitrogens with one attached hydrogen (secondary N) is 1. The summed E-state index contributed by atoms with van der Waals surface area (Å²) < 4.78 is 0. The number of hydrogen-bond donors (Lipinski definition) is 2. The van der Waals surface area contributed by atoms with Crippen LogP contribution in [-0.2, 0) is 4.79 Å². The fourth-order valence-corrected chi connectivity index (χ4v) is 3.48. The van der Waals surface area contributed by atoms with Crippen molar-refractivity contribution in [2.75, 3.05) is 0 Å². The summed E-state index contributed by atoms with van der Waals surface area (Å²) >= 11 is 12.3. The van der Waals surface area contributed by atoms with Gasteiger partial charge < -0.3 is 11.1 Å². The Morgan fingerprint density at radius 3 is 2.44 bits per heavy atom. The minimum atomic E-state index is -0.564. The summed E-state index contributed by atoms with van der Waals surface area (Å²) in [7, 11) is 0. The molecule has 6 heteroatoms. The molecule has 0 amide bonds. The van der Waals surface area contributed by atoms with E-state index in [4.69, 9.17) is 28.9 Å². The van der Waals surface area contributed by atoms with E-state index in [2.05, 4.69) is 10.3 Å². The summed E-state index contributed by atoms with van der Waals surface area (Å²) in [6.45, 7) is 3.51. The van der Waals surface area contributed by atoms with Gasteiger partial charge >= 0.3 is 0 Å². The number of Topliss-reactive ketones (excluding diaryl/α,β-unsaturated/α-hetero) is 1. The number of carbonyl (C=O) groups excluding carboxylic acids is 1. The summed E-state index contributed by atoms with van der Waals surface area (Å²) in [4.78, 5) is 16.9. The van der Waals surface area contributed by atoms with Gasteiger partial charge in [0.15, 0.2) is 11.7 Å². The first-order valence-corrected chi connectivity index (χ1v) is 8.49. The second-order valence-electron chi connectivity index (χ2n) is 5.96. The van der Waals surface area contributed by atoms with Gasteiger partial charge in [-0.25, -0.2) is 4.99 Å². The van der Waals surface area contributed by atoms with E-state index >= 15 is 0 Å². The zero-order valence-electron chi connectivity index (χ0n) is 13.8. The minimum absolute atomic E-state index is 0.0960. The Kier molecular flexibility index (Phi) is 4.84. The lowest BCUT2D eigenvalue weighted by Crippen LogP contribution is -2.36. The molecule has 0 aromatic heterocycles. The summed E-state index contributed by atoms with van der Waals surface area (Å²) in [6, 6.07) is 12.4. The van der Waals surface area contributed by atoms with Gasteiger partial charge in [-0.2, -0.15) is 0 Å². The number of nitrogens with two attached hydrogens (primary N) is 1. The molecular formula is C19H17Cl2N3O. The Hall–Kier alpha value is -2.30. The van der Waals surface area contributed by atoms with E-state index in [1.165, 1.54) is 6.92 Å². The third kappa shape index (κ3) is 3.70. The van der Waals surface area contributed by atoms with Crippen molar-refractivity contribution in [1.29, 1.82) is 0 Å². The predicted molar refractivity (Wildman–Crippen MR) is 103 cm³/mol. The SMILES string of the molecule is CC(=O)C1=C(c2cccc(C)c2)NC(N)=NC1c1cc(Cl)cc(Cl)c1. The molecule has 0 fully saturated rings. The summed E-state index contributed by atoms with van der Waals surface area (Å²) in [5.74, 6) is 0.143. The molecule has 4 nitrogen and oxygen atoms in total. The molecular weight excluding hydrogens is 357 g/mol. The lowest BCUT2D eigenvalue weighted by atomic mass is 9.91. The highest BCUT2D eigenvalue weighted by Gasteiger charge is 2.29. The van der Waals surface area contributed by atoms with E-state index in [1.54, 1.807) is 18.2 Å². The topological polar surface area (TPSA) is 67.5 Å². The van der Waals surface area contributed by atoms with Crippen LogP contribution in [0.2, 0.25) is 10.0 Å². The van der Waals surface area contributed by atoms with Gasteiger partial charge in [-0.1, -0.05) is 47.0 Å². The third-order valence-electron chi connectivity index (χ3n) is 3.95. The van der Waals surface area contributed by atoms with Gasteiger partial charge in [0.1, 0.15) is 6.04 Å². The highest BCUT2D eigenvalue weighted by Crippen LogP contribution is 2.36. The highest BCUT2D eigenvalue weighted by molar-refractivity contribution is 6.34. The van der Waals surface area contributed by atoms with Crippen LogP contribution in [0.15, 0.2) is 53.0 Å². The van der Waals surface area contributed by atoms with Gasteiger partial charge in [0, 0.05) is 15.6 Å². The number of hydrogen-bond acceptors (Lipinski definition) is 4. The van der Waals surface area contributed by atoms with Crippen molar-refractivity contribution in [1.82, 2.24) is 5.32 Å². The molecule has 25 heavy (non-hydrogen) atoms. The van der Waals surface area contributed by atoms with Crippen molar-refractivity contribution >= 4 is 40.6 Å². The first kappa shape index (κ1) is 17.5. The zero-order chi connectivity index (χ0) is 18.1. The molecule has 2 aromatic carbocycles. The molecule has 128 valence electrons. The van der Waals surface area contributed by atoms with Gasteiger partial charge in [0.25, 0.3) is 0 Å². The van der Waals surface area contributed by atoms with Crippen LogP contribution < -0.4 is 11.1 Å². The number of ketones is 1. The zero-order valence-corrected chi connectivity index (χ0v) is 15.3. The molecule has 1 unspecified atom stereocenters. The lowest BCUT2D eigenvalue weighted by Gasteiger charge is -2.26. The number of rotatable bonds is 3. The Balaban J connectivity index is 2.22. The second kappa shape index (κ2) is 6.90. The maximum atomic E-state index is 12.5. The molecule has 1 aliphatic heterocycles. The molecule has 0 aliphatic carbocycles. The Morgan fingerprint density at radius 1 is 1.16 bits per heavy atom. The normalized spacial score (nSPS) is 17.1. The van der Waals surface area contributed by atoms with Crippen LogP contribution in [0.1, 0.15) is 29.7 Å². The predicted octanol–water partition coefficient (Wildman–Crippen LogP) is 4.26. The molecule has 1 atom stereocenters. The van der Waals surface area contributed by atoms with Gasteiger partial charge in [0.2, 0.25) is 0 Å². The summed E-state index contributed by atoms with van der Waals surface area (Å²) in [5.41, 5.74) is 9.85. The molecule has 3 N–H and O–H groups in total. The standard InChI is InChI=1S/C19H17Cl2N3O/c1-10-4-3-5-12(6-10)17-16(11(2)25)18(24-19(22)23-17)13-7-14(20)9-15(21)8-13/h3-9,18H,1-2H3,(H3,22,23,24). The van der Waals surface area contributed by atoms with Crippen LogP contribution in [0, 0.1) is 6.92 Å². The van der Waals surface area contributed by atoms with Crippen LogP contribution >= 0.6 is 23.2 Å². The maximum absolute atomic E-state index is 12.5. The van der Waals surface area contributed by atoms with Crippen molar-refractivity contribution in [3.8, 4) is 0 Å².